The third kappa shape index (κ3) is 5.42. The average molecular weight is 497 g/mol. The summed E-state index contributed by atoms with van der Waals surface area (Å²) in [5.41, 5.74) is 0.767. The zero-order valence-electron chi connectivity index (χ0n) is 22.0. The lowest BCUT2D eigenvalue weighted by molar-refractivity contribution is 0.0974. The standard InChI is InChI=1S/C27H36N4O5/c1-27(2)12-11-19-21(36-27)8-7-20(24(19)34-5)26(32)31(18-17-30-15-13-29(3)14-16-30)23-10-9-22(33-4)25(28-23)35-6/h7-12H,13-18H2,1-6H3. The third-order valence-electron chi connectivity index (χ3n) is 6.60. The Labute approximate surface area is 213 Å². The number of carbonyl (C=O) groups is 1. The monoisotopic (exact) mass is 496 g/mol. The molecular formula is C27H36N4O5. The molecule has 2 aliphatic heterocycles. The number of pyridine rings is 1. The van der Waals surface area contributed by atoms with Crippen molar-refractivity contribution >= 4 is 17.8 Å². The van der Waals surface area contributed by atoms with E-state index in [9.17, 15) is 4.79 Å². The summed E-state index contributed by atoms with van der Waals surface area (Å²) in [6, 6.07) is 7.13. The van der Waals surface area contributed by atoms with Crippen molar-refractivity contribution in [1.82, 2.24) is 14.8 Å². The van der Waals surface area contributed by atoms with Gasteiger partial charge < -0.3 is 23.8 Å². The fourth-order valence-corrected chi connectivity index (χ4v) is 4.47. The van der Waals surface area contributed by atoms with E-state index >= 15 is 0 Å². The summed E-state index contributed by atoms with van der Waals surface area (Å²) in [7, 11) is 6.79. The maximum absolute atomic E-state index is 14.1. The topological polar surface area (TPSA) is 76.6 Å². The molecule has 0 bridgehead atoms. The highest BCUT2D eigenvalue weighted by Crippen LogP contribution is 2.40. The van der Waals surface area contributed by atoms with Crippen LogP contribution in [-0.4, -0.2) is 93.9 Å². The molecule has 2 aliphatic rings. The van der Waals surface area contributed by atoms with Gasteiger partial charge in [-0.2, -0.15) is 4.98 Å². The number of rotatable bonds is 8. The smallest absolute Gasteiger partial charge is 0.263 e. The van der Waals surface area contributed by atoms with Crippen molar-refractivity contribution in [1.29, 1.82) is 0 Å². The number of benzene rings is 1. The molecule has 0 unspecified atom stereocenters. The summed E-state index contributed by atoms with van der Waals surface area (Å²) < 4.78 is 22.6. The van der Waals surface area contributed by atoms with Crippen LogP contribution in [0.3, 0.4) is 0 Å². The molecule has 1 amide bonds. The highest BCUT2D eigenvalue weighted by atomic mass is 16.5. The van der Waals surface area contributed by atoms with E-state index in [1.54, 1.807) is 37.3 Å². The molecule has 0 aliphatic carbocycles. The molecule has 36 heavy (non-hydrogen) atoms. The first-order chi connectivity index (χ1) is 17.3. The fourth-order valence-electron chi connectivity index (χ4n) is 4.47. The lowest BCUT2D eigenvalue weighted by Gasteiger charge is -2.34. The molecule has 3 heterocycles. The van der Waals surface area contributed by atoms with Crippen molar-refractivity contribution in [3.8, 4) is 23.1 Å². The maximum atomic E-state index is 14.1. The van der Waals surface area contributed by atoms with Crippen LogP contribution < -0.4 is 23.8 Å². The van der Waals surface area contributed by atoms with E-state index < -0.39 is 5.60 Å². The van der Waals surface area contributed by atoms with Crippen LogP contribution >= 0.6 is 0 Å². The minimum Gasteiger partial charge on any atom is -0.495 e. The number of methoxy groups -OCH3 is 3. The van der Waals surface area contributed by atoms with E-state index in [2.05, 4.69) is 21.8 Å². The van der Waals surface area contributed by atoms with Gasteiger partial charge in [0.15, 0.2) is 5.75 Å². The summed E-state index contributed by atoms with van der Waals surface area (Å²) >= 11 is 0. The molecule has 1 aromatic heterocycles. The second kappa shape index (κ2) is 10.8. The maximum Gasteiger partial charge on any atom is 0.263 e. The van der Waals surface area contributed by atoms with Gasteiger partial charge in [0.1, 0.15) is 22.9 Å². The van der Waals surface area contributed by atoms with E-state index in [0.29, 0.717) is 41.1 Å². The molecule has 0 radical (unpaired) electrons. The quantitative estimate of drug-likeness (QED) is 0.552. The van der Waals surface area contributed by atoms with Crippen LogP contribution in [0.4, 0.5) is 5.82 Å². The number of hydrogen-bond acceptors (Lipinski definition) is 8. The van der Waals surface area contributed by atoms with Gasteiger partial charge in [-0.05, 0) is 57.3 Å². The second-order valence-corrected chi connectivity index (χ2v) is 9.58. The van der Waals surface area contributed by atoms with Gasteiger partial charge in [-0.15, -0.1) is 0 Å². The van der Waals surface area contributed by atoms with Gasteiger partial charge in [-0.1, -0.05) is 0 Å². The molecule has 4 rings (SSSR count). The number of nitrogens with zero attached hydrogens (tertiary/aromatic N) is 4. The third-order valence-corrected chi connectivity index (χ3v) is 6.60. The minimum absolute atomic E-state index is 0.207. The molecule has 0 N–H and O–H groups in total. The van der Waals surface area contributed by atoms with E-state index in [1.165, 1.54) is 7.11 Å². The van der Waals surface area contributed by atoms with Crippen molar-refractivity contribution in [3.63, 3.8) is 0 Å². The number of piperazine rings is 1. The van der Waals surface area contributed by atoms with Crippen LogP contribution in [0.15, 0.2) is 30.3 Å². The summed E-state index contributed by atoms with van der Waals surface area (Å²) in [6.07, 6.45) is 3.92. The van der Waals surface area contributed by atoms with Crippen LogP contribution in [0.25, 0.3) is 6.08 Å². The minimum atomic E-state index is -0.429. The Kier molecular flexibility index (Phi) is 7.70. The Morgan fingerprint density at radius 1 is 1.06 bits per heavy atom. The van der Waals surface area contributed by atoms with Gasteiger partial charge in [0.25, 0.3) is 11.8 Å². The van der Waals surface area contributed by atoms with Crippen molar-refractivity contribution < 1.29 is 23.7 Å². The van der Waals surface area contributed by atoms with E-state index in [4.69, 9.17) is 18.9 Å². The normalized spacial score (nSPS) is 17.2. The number of anilines is 1. The Bertz CT molecular complexity index is 1130. The van der Waals surface area contributed by atoms with Crippen molar-refractivity contribution in [2.24, 2.45) is 0 Å². The summed E-state index contributed by atoms with van der Waals surface area (Å²) in [5.74, 6) is 2.27. The number of ether oxygens (including phenoxy) is 4. The van der Waals surface area contributed by atoms with E-state index in [1.807, 2.05) is 32.1 Å². The largest absolute Gasteiger partial charge is 0.495 e. The Morgan fingerprint density at radius 3 is 2.47 bits per heavy atom. The summed E-state index contributed by atoms with van der Waals surface area (Å²) in [5, 5.41) is 0. The molecule has 1 aromatic carbocycles. The Morgan fingerprint density at radius 2 is 1.81 bits per heavy atom. The zero-order valence-corrected chi connectivity index (χ0v) is 22.0. The molecule has 1 saturated heterocycles. The van der Waals surface area contributed by atoms with Gasteiger partial charge in [0.05, 0.1) is 32.5 Å². The van der Waals surface area contributed by atoms with Gasteiger partial charge in [-0.25, -0.2) is 0 Å². The molecule has 9 nitrogen and oxygen atoms in total. The van der Waals surface area contributed by atoms with Crippen LogP contribution in [0.1, 0.15) is 29.8 Å². The SMILES string of the molecule is COc1ccc(N(CCN2CCN(C)CC2)C(=O)c2ccc3c(c2OC)C=CC(C)(C)O3)nc1OC. The number of hydrogen-bond donors (Lipinski definition) is 0. The van der Waals surface area contributed by atoms with Crippen LogP contribution in [-0.2, 0) is 0 Å². The first kappa shape index (κ1) is 25.8. The second-order valence-electron chi connectivity index (χ2n) is 9.58. The predicted octanol–water partition coefficient (Wildman–Crippen LogP) is 3.19. The molecular weight excluding hydrogens is 460 g/mol. The van der Waals surface area contributed by atoms with Crippen molar-refractivity contribution in [2.45, 2.75) is 19.4 Å². The molecule has 9 heteroatoms. The molecule has 194 valence electrons. The summed E-state index contributed by atoms with van der Waals surface area (Å²) in [4.78, 5) is 25.0. The summed E-state index contributed by atoms with van der Waals surface area (Å²) in [6.45, 7) is 9.08. The highest BCUT2D eigenvalue weighted by Gasteiger charge is 2.30. The van der Waals surface area contributed by atoms with Crippen LogP contribution in [0.2, 0.25) is 0 Å². The van der Waals surface area contributed by atoms with E-state index in [0.717, 1.165) is 38.3 Å². The number of carbonyl (C=O) groups excluding carboxylic acids is 1. The van der Waals surface area contributed by atoms with Gasteiger partial charge in [-0.3, -0.25) is 14.6 Å². The zero-order chi connectivity index (χ0) is 25.9. The van der Waals surface area contributed by atoms with E-state index in [-0.39, 0.29) is 5.91 Å². The molecule has 0 atom stereocenters. The van der Waals surface area contributed by atoms with Crippen molar-refractivity contribution in [2.75, 3.05) is 72.5 Å². The molecule has 0 spiro atoms. The first-order valence-electron chi connectivity index (χ1n) is 12.2. The lowest BCUT2D eigenvalue weighted by atomic mass is 9.99. The number of likely N-dealkylation sites (N-methyl/N-ethyl adjacent to an activating group) is 1. The fraction of sp³-hybridized carbons (Fsp3) is 0.481. The number of amides is 1. The lowest BCUT2D eigenvalue weighted by Crippen LogP contribution is -2.47. The highest BCUT2D eigenvalue weighted by molar-refractivity contribution is 6.08. The Hall–Kier alpha value is -3.30. The van der Waals surface area contributed by atoms with Crippen LogP contribution in [0, 0.1) is 0 Å². The van der Waals surface area contributed by atoms with Crippen molar-refractivity contribution in [3.05, 3.63) is 41.5 Å². The molecule has 2 aromatic rings. The van der Waals surface area contributed by atoms with Gasteiger partial charge in [0, 0.05) is 39.3 Å². The predicted molar refractivity (Wildman–Crippen MR) is 140 cm³/mol. The number of fused-ring (bicyclic) bond motifs is 1. The van der Waals surface area contributed by atoms with Gasteiger partial charge in [0.2, 0.25) is 0 Å². The Balaban J connectivity index is 1.69. The van der Waals surface area contributed by atoms with Crippen LogP contribution in [0.5, 0.6) is 23.1 Å². The molecule has 0 saturated carbocycles. The first-order valence-corrected chi connectivity index (χ1v) is 12.2. The van der Waals surface area contributed by atoms with Gasteiger partial charge >= 0.3 is 0 Å². The average Bonchev–Trinajstić information content (AvgIpc) is 2.88. The number of aromatic nitrogens is 1. The molecule has 1 fully saturated rings.